The van der Waals surface area contributed by atoms with Gasteiger partial charge in [-0.05, 0) is 12.8 Å². The van der Waals surface area contributed by atoms with E-state index in [2.05, 4.69) is 22.3 Å². The third-order valence-corrected chi connectivity index (χ3v) is 3.16. The van der Waals surface area contributed by atoms with Gasteiger partial charge in [0.05, 0.1) is 12.1 Å². The largest absolute Gasteiger partial charge is 0.301 e. The lowest BCUT2D eigenvalue weighted by molar-refractivity contribution is -0.123. The molecule has 0 spiro atoms. The number of ketones is 1. The van der Waals surface area contributed by atoms with Crippen molar-refractivity contribution in [3.8, 4) is 0 Å². The summed E-state index contributed by atoms with van der Waals surface area (Å²) >= 11 is 0. The molecule has 0 aromatic heterocycles. The smallest absolute Gasteiger partial charge is 0.141 e. The molecule has 0 amide bonds. The average Bonchev–Trinajstić information content (AvgIpc) is 2.30. The first kappa shape index (κ1) is 10.5. The monoisotopic (exact) mass is 206 g/mol. The molecular formula is C12H18N2O. The summed E-state index contributed by atoms with van der Waals surface area (Å²) in [6.45, 7) is 6.72. The quantitative estimate of drug-likeness (QED) is 0.610. The average molecular weight is 206 g/mol. The van der Waals surface area contributed by atoms with Crippen LogP contribution in [-0.4, -0.2) is 35.4 Å². The number of hydrogen-bond donors (Lipinski definition) is 0. The molecule has 2 saturated heterocycles. The van der Waals surface area contributed by atoms with Crippen molar-refractivity contribution in [1.29, 1.82) is 0 Å². The summed E-state index contributed by atoms with van der Waals surface area (Å²) in [6, 6.07) is 0. The highest BCUT2D eigenvalue weighted by atomic mass is 16.1. The van der Waals surface area contributed by atoms with Gasteiger partial charge in [0.25, 0.3) is 0 Å². The highest BCUT2D eigenvalue weighted by molar-refractivity contribution is 5.81. The van der Waals surface area contributed by atoms with Gasteiger partial charge < -0.3 is 5.01 Å². The fourth-order valence-corrected chi connectivity index (χ4v) is 2.32. The van der Waals surface area contributed by atoms with Crippen molar-refractivity contribution in [2.24, 2.45) is 0 Å². The summed E-state index contributed by atoms with van der Waals surface area (Å²) in [5.74, 6) is 0.314. The number of carbonyl (C=O) groups excluding carboxylic acids is 1. The molecule has 15 heavy (non-hydrogen) atoms. The van der Waals surface area contributed by atoms with E-state index in [-0.39, 0.29) is 0 Å². The van der Waals surface area contributed by atoms with Gasteiger partial charge in [-0.15, -0.1) is 5.73 Å². The van der Waals surface area contributed by atoms with Crippen LogP contribution in [0.25, 0.3) is 0 Å². The zero-order valence-electron chi connectivity index (χ0n) is 9.17. The van der Waals surface area contributed by atoms with E-state index in [9.17, 15) is 4.79 Å². The van der Waals surface area contributed by atoms with Gasteiger partial charge in [-0.25, -0.2) is 5.01 Å². The number of hydrogen-bond acceptors (Lipinski definition) is 3. The van der Waals surface area contributed by atoms with Gasteiger partial charge in [0, 0.05) is 26.1 Å². The third-order valence-electron chi connectivity index (χ3n) is 3.16. The molecule has 2 fully saturated rings. The molecule has 0 radical (unpaired) electrons. The van der Waals surface area contributed by atoms with Crippen molar-refractivity contribution in [2.75, 3.05) is 19.6 Å². The molecule has 2 aliphatic rings. The van der Waals surface area contributed by atoms with Gasteiger partial charge in [0.2, 0.25) is 0 Å². The number of nitrogens with zero attached hydrogens (tertiary/aromatic N) is 2. The van der Waals surface area contributed by atoms with Crippen molar-refractivity contribution in [1.82, 2.24) is 10.0 Å². The zero-order valence-corrected chi connectivity index (χ0v) is 9.17. The lowest BCUT2D eigenvalue weighted by Crippen LogP contribution is -2.47. The minimum atomic E-state index is 0.314. The van der Waals surface area contributed by atoms with Crippen molar-refractivity contribution in [3.05, 3.63) is 18.0 Å². The predicted molar refractivity (Wildman–Crippen MR) is 59.0 cm³/mol. The van der Waals surface area contributed by atoms with E-state index in [0.29, 0.717) is 18.6 Å². The Labute approximate surface area is 91.0 Å². The van der Waals surface area contributed by atoms with Crippen LogP contribution in [-0.2, 0) is 4.79 Å². The fourth-order valence-electron chi connectivity index (χ4n) is 2.32. The van der Waals surface area contributed by atoms with Crippen molar-refractivity contribution in [2.45, 2.75) is 32.1 Å². The van der Waals surface area contributed by atoms with Crippen LogP contribution in [0.5, 0.6) is 0 Å². The van der Waals surface area contributed by atoms with E-state index < -0.39 is 0 Å². The first-order chi connectivity index (χ1) is 7.31. The van der Waals surface area contributed by atoms with Crippen molar-refractivity contribution >= 4 is 5.78 Å². The number of hydrazine groups is 1. The highest BCUT2D eigenvalue weighted by Crippen LogP contribution is 2.22. The Morgan fingerprint density at radius 3 is 2.53 bits per heavy atom. The molecule has 82 valence electrons. The Bertz CT molecular complexity index is 299. The first-order valence-electron chi connectivity index (χ1n) is 5.74. The van der Waals surface area contributed by atoms with E-state index >= 15 is 0 Å². The van der Waals surface area contributed by atoms with E-state index in [1.807, 2.05) is 0 Å². The number of Topliss-reactive ketones (excluding diaryl/α,β-unsaturated/α-hetero) is 1. The first-order valence-corrected chi connectivity index (χ1v) is 5.74. The second kappa shape index (κ2) is 4.65. The fraction of sp³-hybridized carbons (Fsp3) is 0.667. The lowest BCUT2D eigenvalue weighted by Gasteiger charge is -2.41. The minimum Gasteiger partial charge on any atom is -0.301 e. The molecule has 2 rings (SSSR count). The maximum absolute atomic E-state index is 11.3. The number of allylic oxidation sites excluding steroid dienone is 1. The predicted octanol–water partition coefficient (Wildman–Crippen LogP) is 1.72. The maximum atomic E-state index is 11.3. The molecule has 0 aromatic carbocycles. The molecule has 0 unspecified atom stereocenters. The highest BCUT2D eigenvalue weighted by Gasteiger charge is 2.25. The second-order valence-corrected chi connectivity index (χ2v) is 4.23. The van der Waals surface area contributed by atoms with Gasteiger partial charge in [0.1, 0.15) is 5.78 Å². The zero-order chi connectivity index (χ0) is 10.7. The summed E-state index contributed by atoms with van der Waals surface area (Å²) in [4.78, 5) is 11.3. The van der Waals surface area contributed by atoms with Crippen LogP contribution in [0.15, 0.2) is 18.0 Å². The van der Waals surface area contributed by atoms with Gasteiger partial charge >= 0.3 is 0 Å². The van der Waals surface area contributed by atoms with Crippen LogP contribution < -0.4 is 0 Å². The van der Waals surface area contributed by atoms with E-state index in [0.717, 1.165) is 25.3 Å². The number of carbonyl (C=O) groups is 1. The Kier molecular flexibility index (Phi) is 3.24. The molecule has 2 heterocycles. The normalized spacial score (nSPS) is 24.1. The van der Waals surface area contributed by atoms with Gasteiger partial charge in [0.15, 0.2) is 0 Å². The molecule has 0 saturated carbocycles. The SMILES string of the molecule is C=C=C1CC(=O)CCN1N1CCCCC1. The summed E-state index contributed by atoms with van der Waals surface area (Å²) < 4.78 is 0. The Hall–Kier alpha value is -1.05. The van der Waals surface area contributed by atoms with Crippen LogP contribution in [0.4, 0.5) is 0 Å². The van der Waals surface area contributed by atoms with Crippen LogP contribution in [0, 0.1) is 0 Å². The second-order valence-electron chi connectivity index (χ2n) is 4.23. The lowest BCUT2D eigenvalue weighted by atomic mass is 10.1. The number of rotatable bonds is 1. The van der Waals surface area contributed by atoms with Crippen molar-refractivity contribution in [3.63, 3.8) is 0 Å². The standard InChI is InChI=1S/C12H18N2O/c1-2-11-10-12(15)6-9-14(11)13-7-4-3-5-8-13/h1,3-10H2. The van der Waals surface area contributed by atoms with E-state index in [1.54, 1.807) is 0 Å². The van der Waals surface area contributed by atoms with Crippen LogP contribution >= 0.6 is 0 Å². The van der Waals surface area contributed by atoms with Gasteiger partial charge in [-0.2, -0.15) is 0 Å². The van der Waals surface area contributed by atoms with Crippen molar-refractivity contribution < 1.29 is 4.79 Å². The molecule has 0 aliphatic carbocycles. The van der Waals surface area contributed by atoms with Gasteiger partial charge in [-0.3, -0.25) is 4.79 Å². The number of piperidine rings is 2. The molecule has 3 nitrogen and oxygen atoms in total. The summed E-state index contributed by atoms with van der Waals surface area (Å²) in [7, 11) is 0. The molecule has 2 aliphatic heterocycles. The third kappa shape index (κ3) is 2.31. The molecular weight excluding hydrogens is 188 g/mol. The Morgan fingerprint density at radius 1 is 1.13 bits per heavy atom. The summed E-state index contributed by atoms with van der Waals surface area (Å²) in [6.07, 6.45) is 5.03. The Balaban J connectivity index is 2.06. The molecule has 0 atom stereocenters. The summed E-state index contributed by atoms with van der Waals surface area (Å²) in [5, 5.41) is 4.57. The maximum Gasteiger partial charge on any atom is 0.141 e. The van der Waals surface area contributed by atoms with E-state index in [4.69, 9.17) is 0 Å². The minimum absolute atomic E-state index is 0.314. The van der Waals surface area contributed by atoms with E-state index in [1.165, 1.54) is 19.3 Å². The molecule has 0 N–H and O–H groups in total. The topological polar surface area (TPSA) is 23.6 Å². The summed E-state index contributed by atoms with van der Waals surface area (Å²) in [5.41, 5.74) is 3.88. The van der Waals surface area contributed by atoms with Crippen LogP contribution in [0.3, 0.4) is 0 Å². The van der Waals surface area contributed by atoms with Crippen LogP contribution in [0.2, 0.25) is 0 Å². The molecule has 0 bridgehead atoms. The molecule has 3 heteroatoms. The molecule has 0 aromatic rings. The van der Waals surface area contributed by atoms with Gasteiger partial charge in [-0.1, -0.05) is 13.0 Å². The Morgan fingerprint density at radius 2 is 1.87 bits per heavy atom. The van der Waals surface area contributed by atoms with Crippen LogP contribution in [0.1, 0.15) is 32.1 Å².